The van der Waals surface area contributed by atoms with Crippen molar-refractivity contribution >= 4 is 11.6 Å². The smallest absolute Gasteiger partial charge is 0.256 e. The number of anilines is 1. The Balaban J connectivity index is 1.45. The van der Waals surface area contributed by atoms with Gasteiger partial charge in [0.2, 0.25) is 0 Å². The lowest BCUT2D eigenvalue weighted by atomic mass is 9.78. The van der Waals surface area contributed by atoms with E-state index in [0.717, 1.165) is 56.7 Å². The first kappa shape index (κ1) is 24.1. The molecule has 2 fully saturated rings. The third kappa shape index (κ3) is 7.50. The molecule has 174 valence electrons. The van der Waals surface area contributed by atoms with E-state index in [9.17, 15) is 4.79 Å². The largest absolute Gasteiger partial charge is 0.494 e. The van der Waals surface area contributed by atoms with Gasteiger partial charge in [0.1, 0.15) is 11.4 Å². The Kier molecular flexibility index (Phi) is 9.66. The molecule has 1 saturated carbocycles. The van der Waals surface area contributed by atoms with E-state index in [4.69, 9.17) is 9.47 Å². The summed E-state index contributed by atoms with van der Waals surface area (Å²) in [6, 6.07) is 7.76. The van der Waals surface area contributed by atoms with Gasteiger partial charge in [0.15, 0.2) is 0 Å². The molecule has 0 unspecified atom stereocenters. The molecule has 1 aromatic carbocycles. The molecule has 0 bridgehead atoms. The maximum atomic E-state index is 13.1. The first-order chi connectivity index (χ1) is 15.1. The van der Waals surface area contributed by atoms with Crippen molar-refractivity contribution in [2.24, 2.45) is 5.92 Å². The molecular weight excluding hydrogens is 388 g/mol. The molecule has 5 heteroatoms. The zero-order chi connectivity index (χ0) is 21.9. The lowest BCUT2D eigenvalue weighted by Gasteiger charge is -2.38. The van der Waals surface area contributed by atoms with Gasteiger partial charge in [-0.15, -0.1) is 0 Å². The number of likely N-dealkylation sites (tertiary alicyclic amines) is 1. The van der Waals surface area contributed by atoms with Gasteiger partial charge < -0.3 is 19.7 Å². The molecule has 1 heterocycles. The molecule has 0 radical (unpaired) electrons. The number of carbonyl (C=O) groups is 1. The Morgan fingerprint density at radius 3 is 2.52 bits per heavy atom. The van der Waals surface area contributed by atoms with Gasteiger partial charge >= 0.3 is 0 Å². The lowest BCUT2D eigenvalue weighted by molar-refractivity contribution is -0.148. The van der Waals surface area contributed by atoms with Crippen LogP contribution < -0.4 is 10.1 Å². The first-order valence-electron chi connectivity index (χ1n) is 12.5. The predicted octanol–water partition coefficient (Wildman–Crippen LogP) is 5.65. The van der Waals surface area contributed by atoms with E-state index in [1.165, 1.54) is 45.2 Å². The van der Waals surface area contributed by atoms with E-state index in [1.54, 1.807) is 0 Å². The summed E-state index contributed by atoms with van der Waals surface area (Å²) in [6.45, 7) is 9.25. The summed E-state index contributed by atoms with van der Waals surface area (Å²) in [5.74, 6) is 1.37. The normalized spacial score (nSPS) is 25.0. The van der Waals surface area contributed by atoms with Gasteiger partial charge in [0.05, 0.1) is 6.61 Å². The van der Waals surface area contributed by atoms with Crippen molar-refractivity contribution in [2.45, 2.75) is 83.7 Å². The third-order valence-electron chi connectivity index (χ3n) is 6.65. The molecule has 1 amide bonds. The van der Waals surface area contributed by atoms with Crippen LogP contribution in [-0.4, -0.2) is 49.3 Å². The van der Waals surface area contributed by atoms with Crippen molar-refractivity contribution in [1.82, 2.24) is 4.90 Å². The van der Waals surface area contributed by atoms with Crippen LogP contribution in [0.1, 0.15) is 78.1 Å². The molecule has 31 heavy (non-hydrogen) atoms. The second-order valence-corrected chi connectivity index (χ2v) is 9.48. The van der Waals surface area contributed by atoms with Gasteiger partial charge in [-0.3, -0.25) is 4.79 Å². The van der Waals surface area contributed by atoms with Gasteiger partial charge in [0, 0.05) is 18.8 Å². The van der Waals surface area contributed by atoms with Crippen LogP contribution >= 0.6 is 0 Å². The number of ether oxygens (including phenoxy) is 2. The number of carbonyl (C=O) groups excluding carboxylic acids is 1. The molecule has 0 spiro atoms. The Labute approximate surface area is 188 Å². The molecule has 1 aliphatic carbocycles. The van der Waals surface area contributed by atoms with Gasteiger partial charge in [-0.05, 0) is 88.2 Å². The SMILES string of the molecule is CCCO[C@@]1(C(=O)Nc2ccc(OCCCN3CCCCCC3)cc2)CCC[C@H](C)C1. The maximum absolute atomic E-state index is 13.1. The van der Waals surface area contributed by atoms with E-state index < -0.39 is 5.60 Å². The highest BCUT2D eigenvalue weighted by molar-refractivity contribution is 5.97. The van der Waals surface area contributed by atoms with Crippen LogP contribution in [0.4, 0.5) is 5.69 Å². The van der Waals surface area contributed by atoms with Crippen LogP contribution in [0.3, 0.4) is 0 Å². The van der Waals surface area contributed by atoms with Crippen LogP contribution in [0.15, 0.2) is 24.3 Å². The number of hydrogen-bond acceptors (Lipinski definition) is 4. The summed E-state index contributed by atoms with van der Waals surface area (Å²) in [5, 5.41) is 3.10. The number of rotatable bonds is 10. The molecule has 1 saturated heterocycles. The Morgan fingerprint density at radius 1 is 1.10 bits per heavy atom. The van der Waals surface area contributed by atoms with E-state index in [-0.39, 0.29) is 5.91 Å². The fraction of sp³-hybridized carbons (Fsp3) is 0.731. The van der Waals surface area contributed by atoms with Crippen molar-refractivity contribution < 1.29 is 14.3 Å². The van der Waals surface area contributed by atoms with Gasteiger partial charge in [0.25, 0.3) is 5.91 Å². The highest BCUT2D eigenvalue weighted by Gasteiger charge is 2.42. The minimum absolute atomic E-state index is 0.00128. The molecule has 1 aromatic rings. The van der Waals surface area contributed by atoms with E-state index in [0.29, 0.717) is 12.5 Å². The van der Waals surface area contributed by atoms with Crippen molar-refractivity contribution in [3.63, 3.8) is 0 Å². The first-order valence-corrected chi connectivity index (χ1v) is 12.5. The van der Waals surface area contributed by atoms with Crippen LogP contribution in [0.5, 0.6) is 5.75 Å². The van der Waals surface area contributed by atoms with Crippen LogP contribution in [0.25, 0.3) is 0 Å². The summed E-state index contributed by atoms with van der Waals surface area (Å²) in [5.41, 5.74) is 0.121. The molecule has 3 rings (SSSR count). The maximum Gasteiger partial charge on any atom is 0.256 e. The van der Waals surface area contributed by atoms with E-state index >= 15 is 0 Å². The minimum Gasteiger partial charge on any atom is -0.494 e. The number of nitrogens with zero attached hydrogens (tertiary/aromatic N) is 1. The van der Waals surface area contributed by atoms with Crippen LogP contribution in [-0.2, 0) is 9.53 Å². The number of nitrogens with one attached hydrogen (secondary N) is 1. The monoisotopic (exact) mass is 430 g/mol. The molecule has 2 aliphatic rings. The fourth-order valence-corrected chi connectivity index (χ4v) is 4.92. The molecule has 0 aromatic heterocycles. The van der Waals surface area contributed by atoms with E-state index in [2.05, 4.69) is 24.1 Å². The lowest BCUT2D eigenvalue weighted by Crippen LogP contribution is -2.48. The predicted molar refractivity (Wildman–Crippen MR) is 127 cm³/mol. The van der Waals surface area contributed by atoms with Crippen LogP contribution in [0, 0.1) is 5.92 Å². The average Bonchev–Trinajstić information content (AvgIpc) is 3.05. The van der Waals surface area contributed by atoms with Crippen LogP contribution in [0.2, 0.25) is 0 Å². The number of benzene rings is 1. The quantitative estimate of drug-likeness (QED) is 0.488. The van der Waals surface area contributed by atoms with Crippen molar-refractivity contribution in [2.75, 3.05) is 38.2 Å². The van der Waals surface area contributed by atoms with E-state index in [1.807, 2.05) is 24.3 Å². The zero-order valence-corrected chi connectivity index (χ0v) is 19.7. The molecular formula is C26H42N2O3. The zero-order valence-electron chi connectivity index (χ0n) is 19.7. The van der Waals surface area contributed by atoms with Gasteiger partial charge in [-0.25, -0.2) is 0 Å². The summed E-state index contributed by atoms with van der Waals surface area (Å²) in [7, 11) is 0. The minimum atomic E-state index is -0.684. The standard InChI is InChI=1S/C26H42N2O3/c1-3-19-31-26(15-8-10-22(2)21-26)25(29)27-23-11-13-24(14-12-23)30-20-9-18-28-16-6-4-5-7-17-28/h11-14,22H,3-10,15-21H2,1-2H3,(H,27,29)/t22-,26-/m0/s1. The molecule has 1 N–H and O–H groups in total. The Hall–Kier alpha value is -1.59. The van der Waals surface area contributed by atoms with Crippen molar-refractivity contribution in [3.05, 3.63) is 24.3 Å². The Morgan fingerprint density at radius 2 is 1.84 bits per heavy atom. The van der Waals surface area contributed by atoms with Crippen molar-refractivity contribution in [1.29, 1.82) is 0 Å². The third-order valence-corrected chi connectivity index (χ3v) is 6.65. The summed E-state index contributed by atoms with van der Waals surface area (Å²) < 4.78 is 12.1. The average molecular weight is 431 g/mol. The topological polar surface area (TPSA) is 50.8 Å². The van der Waals surface area contributed by atoms with Gasteiger partial charge in [-0.1, -0.05) is 33.1 Å². The second-order valence-electron chi connectivity index (χ2n) is 9.48. The van der Waals surface area contributed by atoms with Gasteiger partial charge in [-0.2, -0.15) is 0 Å². The number of hydrogen-bond donors (Lipinski definition) is 1. The number of amides is 1. The fourth-order valence-electron chi connectivity index (χ4n) is 4.92. The molecule has 1 aliphatic heterocycles. The Bertz CT molecular complexity index is 655. The highest BCUT2D eigenvalue weighted by atomic mass is 16.5. The summed E-state index contributed by atoms with van der Waals surface area (Å²) in [4.78, 5) is 15.7. The molecule has 5 nitrogen and oxygen atoms in total. The second kappa shape index (κ2) is 12.4. The summed E-state index contributed by atoms with van der Waals surface area (Å²) >= 11 is 0. The summed E-state index contributed by atoms with van der Waals surface area (Å²) in [6.07, 6.45) is 11.2. The van der Waals surface area contributed by atoms with Crippen molar-refractivity contribution in [3.8, 4) is 5.75 Å². The highest BCUT2D eigenvalue weighted by Crippen LogP contribution is 2.36. The molecule has 2 atom stereocenters.